The molecule has 82 valence electrons. The molecule has 0 amide bonds. The van der Waals surface area contributed by atoms with Crippen LogP contribution in [0, 0.1) is 0 Å². The summed E-state index contributed by atoms with van der Waals surface area (Å²) in [7, 11) is 0. The van der Waals surface area contributed by atoms with E-state index in [1.54, 1.807) is 19.1 Å². The van der Waals surface area contributed by atoms with Gasteiger partial charge in [-0.15, -0.1) is 0 Å². The quantitative estimate of drug-likeness (QED) is 0.688. The van der Waals surface area contributed by atoms with E-state index in [1.165, 1.54) is 0 Å². The van der Waals surface area contributed by atoms with Crippen molar-refractivity contribution in [2.45, 2.75) is 13.3 Å². The first-order valence-electron chi connectivity index (χ1n) is 4.43. The van der Waals surface area contributed by atoms with Crippen molar-refractivity contribution in [1.82, 2.24) is 0 Å². The Bertz CT molecular complexity index is 382. The van der Waals surface area contributed by atoms with Crippen molar-refractivity contribution in [1.29, 1.82) is 0 Å². The van der Waals surface area contributed by atoms with Crippen molar-refractivity contribution in [2.75, 3.05) is 12.3 Å². The summed E-state index contributed by atoms with van der Waals surface area (Å²) in [5, 5.41) is 0.497. The zero-order chi connectivity index (χ0) is 11.4. The summed E-state index contributed by atoms with van der Waals surface area (Å²) in [6.07, 6.45) is 0.135. The molecule has 1 aromatic rings. The SMILES string of the molecule is CCOC(=O)Cc1cc(N)cc(Br)c1Cl. The molecule has 0 atom stereocenters. The van der Waals surface area contributed by atoms with Gasteiger partial charge < -0.3 is 10.5 Å². The number of rotatable bonds is 3. The van der Waals surface area contributed by atoms with E-state index < -0.39 is 0 Å². The minimum absolute atomic E-state index is 0.135. The molecule has 15 heavy (non-hydrogen) atoms. The number of anilines is 1. The lowest BCUT2D eigenvalue weighted by molar-refractivity contribution is -0.142. The number of benzene rings is 1. The molecule has 0 saturated carbocycles. The summed E-state index contributed by atoms with van der Waals surface area (Å²) in [5.41, 5.74) is 6.87. The molecule has 0 bridgehead atoms. The first-order valence-corrected chi connectivity index (χ1v) is 5.60. The lowest BCUT2D eigenvalue weighted by Gasteiger charge is -2.07. The molecule has 3 nitrogen and oxygen atoms in total. The Hall–Kier alpha value is -0.740. The molecule has 0 aliphatic heterocycles. The van der Waals surface area contributed by atoms with Crippen LogP contribution in [-0.4, -0.2) is 12.6 Å². The molecule has 0 radical (unpaired) electrons. The number of hydrogen-bond acceptors (Lipinski definition) is 3. The summed E-state index contributed by atoms with van der Waals surface area (Å²) >= 11 is 9.26. The predicted molar refractivity (Wildman–Crippen MR) is 63.9 cm³/mol. The third kappa shape index (κ3) is 3.39. The van der Waals surface area contributed by atoms with E-state index in [4.69, 9.17) is 22.1 Å². The number of halogens is 2. The molecule has 1 rings (SSSR count). The molecule has 0 heterocycles. The molecule has 0 unspecified atom stereocenters. The van der Waals surface area contributed by atoms with E-state index in [1.807, 2.05) is 0 Å². The van der Waals surface area contributed by atoms with Crippen LogP contribution in [0.2, 0.25) is 5.02 Å². The van der Waals surface area contributed by atoms with E-state index in [-0.39, 0.29) is 12.4 Å². The van der Waals surface area contributed by atoms with Crippen molar-refractivity contribution >= 4 is 39.2 Å². The van der Waals surface area contributed by atoms with E-state index >= 15 is 0 Å². The third-order valence-corrected chi connectivity index (χ3v) is 3.07. The molecule has 2 N–H and O–H groups in total. The van der Waals surface area contributed by atoms with Gasteiger partial charge in [0, 0.05) is 10.2 Å². The van der Waals surface area contributed by atoms with Crippen LogP contribution in [0.5, 0.6) is 0 Å². The average Bonchev–Trinajstić information content (AvgIpc) is 2.13. The zero-order valence-corrected chi connectivity index (χ0v) is 10.6. The number of carbonyl (C=O) groups is 1. The van der Waals surface area contributed by atoms with E-state index in [9.17, 15) is 4.79 Å². The second kappa shape index (κ2) is 5.37. The molecule has 0 aliphatic carbocycles. The molecular weight excluding hydrogens is 281 g/mol. The van der Waals surface area contributed by atoms with Crippen molar-refractivity contribution < 1.29 is 9.53 Å². The topological polar surface area (TPSA) is 52.3 Å². The Balaban J connectivity index is 2.89. The Kier molecular flexibility index (Phi) is 4.42. The highest BCUT2D eigenvalue weighted by molar-refractivity contribution is 9.10. The fourth-order valence-electron chi connectivity index (χ4n) is 1.17. The fraction of sp³-hybridized carbons (Fsp3) is 0.300. The van der Waals surface area contributed by atoms with Gasteiger partial charge in [0.2, 0.25) is 0 Å². The maximum absolute atomic E-state index is 11.3. The Morgan fingerprint density at radius 2 is 2.27 bits per heavy atom. The van der Waals surface area contributed by atoms with Gasteiger partial charge in [0.15, 0.2) is 0 Å². The molecule has 0 fully saturated rings. The second-order valence-electron chi connectivity index (χ2n) is 2.96. The van der Waals surface area contributed by atoms with Crippen LogP contribution in [0.4, 0.5) is 5.69 Å². The highest BCUT2D eigenvalue weighted by atomic mass is 79.9. The Morgan fingerprint density at radius 1 is 1.60 bits per heavy atom. The first-order chi connectivity index (χ1) is 7.04. The fourth-order valence-corrected chi connectivity index (χ4v) is 1.86. The maximum Gasteiger partial charge on any atom is 0.310 e. The predicted octanol–water partition coefficient (Wildman–Crippen LogP) is 2.79. The van der Waals surface area contributed by atoms with Crippen molar-refractivity contribution in [2.24, 2.45) is 0 Å². The van der Waals surface area contributed by atoms with Gasteiger partial charge >= 0.3 is 5.97 Å². The number of nitrogen functional groups attached to an aromatic ring is 1. The standard InChI is InChI=1S/C10H11BrClNO2/c1-2-15-9(14)4-6-3-7(13)5-8(11)10(6)12/h3,5H,2,4,13H2,1H3. The molecule has 5 heteroatoms. The van der Waals surface area contributed by atoms with Gasteiger partial charge in [-0.05, 0) is 40.5 Å². The van der Waals surface area contributed by atoms with Crippen LogP contribution >= 0.6 is 27.5 Å². The van der Waals surface area contributed by atoms with E-state index in [0.29, 0.717) is 27.4 Å². The van der Waals surface area contributed by atoms with Crippen molar-refractivity contribution in [3.63, 3.8) is 0 Å². The summed E-state index contributed by atoms with van der Waals surface area (Å²) in [6, 6.07) is 3.36. The van der Waals surface area contributed by atoms with Gasteiger partial charge in [0.25, 0.3) is 0 Å². The largest absolute Gasteiger partial charge is 0.466 e. The van der Waals surface area contributed by atoms with Crippen LogP contribution in [0.3, 0.4) is 0 Å². The Labute approximate surface area is 102 Å². The highest BCUT2D eigenvalue weighted by Crippen LogP contribution is 2.29. The van der Waals surface area contributed by atoms with E-state index in [0.717, 1.165) is 0 Å². The lowest BCUT2D eigenvalue weighted by atomic mass is 10.1. The first kappa shape index (κ1) is 12.3. The van der Waals surface area contributed by atoms with Gasteiger partial charge in [-0.2, -0.15) is 0 Å². The summed E-state index contributed by atoms with van der Waals surface area (Å²) in [6.45, 7) is 2.12. The van der Waals surface area contributed by atoms with Crippen LogP contribution in [0.15, 0.2) is 16.6 Å². The number of ether oxygens (including phenoxy) is 1. The average molecular weight is 293 g/mol. The van der Waals surface area contributed by atoms with E-state index in [2.05, 4.69) is 15.9 Å². The highest BCUT2D eigenvalue weighted by Gasteiger charge is 2.11. The zero-order valence-electron chi connectivity index (χ0n) is 8.22. The molecule has 0 aliphatic rings. The van der Waals surface area contributed by atoms with Crippen molar-refractivity contribution in [3.8, 4) is 0 Å². The number of nitrogens with two attached hydrogens (primary N) is 1. The normalized spacial score (nSPS) is 10.1. The van der Waals surface area contributed by atoms with Gasteiger partial charge in [0.1, 0.15) is 0 Å². The molecule has 1 aromatic carbocycles. The molecular formula is C10H11BrClNO2. The van der Waals surface area contributed by atoms with Crippen LogP contribution < -0.4 is 5.73 Å². The number of esters is 1. The summed E-state index contributed by atoms with van der Waals surface area (Å²) in [4.78, 5) is 11.3. The third-order valence-electron chi connectivity index (χ3n) is 1.77. The maximum atomic E-state index is 11.3. The number of carbonyl (C=O) groups excluding carboxylic acids is 1. The second-order valence-corrected chi connectivity index (χ2v) is 4.19. The van der Waals surface area contributed by atoms with Gasteiger partial charge in [-0.3, -0.25) is 4.79 Å². The minimum Gasteiger partial charge on any atom is -0.466 e. The summed E-state index contributed by atoms with van der Waals surface area (Å²) in [5.74, 6) is -0.308. The van der Waals surface area contributed by atoms with Crippen molar-refractivity contribution in [3.05, 3.63) is 27.2 Å². The molecule has 0 spiro atoms. The van der Waals surface area contributed by atoms with Gasteiger partial charge in [-0.1, -0.05) is 11.6 Å². The van der Waals surface area contributed by atoms with Crippen LogP contribution in [0.25, 0.3) is 0 Å². The lowest BCUT2D eigenvalue weighted by Crippen LogP contribution is -2.08. The van der Waals surface area contributed by atoms with Crippen LogP contribution in [0.1, 0.15) is 12.5 Å². The van der Waals surface area contributed by atoms with Gasteiger partial charge in [-0.25, -0.2) is 0 Å². The monoisotopic (exact) mass is 291 g/mol. The van der Waals surface area contributed by atoms with Gasteiger partial charge in [0.05, 0.1) is 18.1 Å². The van der Waals surface area contributed by atoms with Crippen LogP contribution in [-0.2, 0) is 16.0 Å². The summed E-state index contributed by atoms with van der Waals surface area (Å²) < 4.78 is 5.51. The smallest absolute Gasteiger partial charge is 0.310 e. The Morgan fingerprint density at radius 3 is 2.87 bits per heavy atom. The molecule has 0 aromatic heterocycles. The molecule has 0 saturated heterocycles. The number of hydrogen-bond donors (Lipinski definition) is 1. The minimum atomic E-state index is -0.308.